The molecule has 0 spiro atoms. The van der Waals surface area contributed by atoms with E-state index in [1.54, 1.807) is 0 Å². The van der Waals surface area contributed by atoms with Crippen LogP contribution in [0.15, 0.2) is 18.2 Å². The van der Waals surface area contributed by atoms with Gasteiger partial charge in [-0.1, -0.05) is 26.0 Å². The van der Waals surface area contributed by atoms with Gasteiger partial charge in [0, 0.05) is 12.1 Å². The van der Waals surface area contributed by atoms with E-state index in [1.807, 2.05) is 25.1 Å². The highest BCUT2D eigenvalue weighted by Crippen LogP contribution is 2.19. The maximum atomic E-state index is 11.8. The highest BCUT2D eigenvalue weighted by Gasteiger charge is 2.18. The molecule has 1 rings (SSSR count). The quantitative estimate of drug-likeness (QED) is 0.759. The van der Waals surface area contributed by atoms with Gasteiger partial charge in [0.25, 0.3) is 0 Å². The average Bonchev–Trinajstić information content (AvgIpc) is 2.27. The molecular formula is C13H19NO2. The van der Waals surface area contributed by atoms with Crippen molar-refractivity contribution in [2.75, 3.05) is 6.54 Å². The van der Waals surface area contributed by atoms with Gasteiger partial charge in [-0.15, -0.1) is 0 Å². The number of aryl methyl sites for hydroxylation is 1. The third-order valence-corrected chi connectivity index (χ3v) is 2.72. The molecule has 0 heterocycles. The number of rotatable bonds is 4. The van der Waals surface area contributed by atoms with E-state index in [0.29, 0.717) is 11.5 Å². The number of aliphatic hydroxyl groups excluding tert-OH is 1. The SMILES string of the molecule is Cc1ccc(C(C)C)cc1C(=O)C(O)CN. The van der Waals surface area contributed by atoms with Gasteiger partial charge in [0.15, 0.2) is 5.78 Å². The van der Waals surface area contributed by atoms with Gasteiger partial charge < -0.3 is 10.8 Å². The molecule has 0 fully saturated rings. The molecule has 0 aliphatic rings. The number of hydrogen-bond acceptors (Lipinski definition) is 3. The van der Waals surface area contributed by atoms with Crippen molar-refractivity contribution in [3.63, 3.8) is 0 Å². The first kappa shape index (κ1) is 12.9. The Labute approximate surface area is 96.3 Å². The molecule has 1 aromatic carbocycles. The summed E-state index contributed by atoms with van der Waals surface area (Å²) < 4.78 is 0. The lowest BCUT2D eigenvalue weighted by Gasteiger charge is -2.12. The predicted octanol–water partition coefficient (Wildman–Crippen LogP) is 1.62. The van der Waals surface area contributed by atoms with Crippen molar-refractivity contribution in [3.8, 4) is 0 Å². The molecule has 3 heteroatoms. The largest absolute Gasteiger partial charge is 0.384 e. The molecule has 3 N–H and O–H groups in total. The van der Waals surface area contributed by atoms with Crippen molar-refractivity contribution in [2.24, 2.45) is 5.73 Å². The van der Waals surface area contributed by atoms with Gasteiger partial charge in [0.05, 0.1) is 0 Å². The Morgan fingerprint density at radius 1 is 1.44 bits per heavy atom. The van der Waals surface area contributed by atoms with E-state index < -0.39 is 6.10 Å². The first-order valence-electron chi connectivity index (χ1n) is 5.50. The van der Waals surface area contributed by atoms with Crippen LogP contribution in [0.2, 0.25) is 0 Å². The number of nitrogens with two attached hydrogens (primary N) is 1. The summed E-state index contributed by atoms with van der Waals surface area (Å²) in [4.78, 5) is 11.8. The van der Waals surface area contributed by atoms with Crippen LogP contribution in [0.3, 0.4) is 0 Å². The Hall–Kier alpha value is -1.19. The zero-order valence-electron chi connectivity index (χ0n) is 10.0. The van der Waals surface area contributed by atoms with Crippen molar-refractivity contribution >= 4 is 5.78 Å². The third kappa shape index (κ3) is 2.68. The van der Waals surface area contributed by atoms with Crippen molar-refractivity contribution in [1.29, 1.82) is 0 Å². The second-order valence-electron chi connectivity index (χ2n) is 4.34. The van der Waals surface area contributed by atoms with Crippen molar-refractivity contribution < 1.29 is 9.90 Å². The number of aliphatic hydroxyl groups is 1. The smallest absolute Gasteiger partial charge is 0.192 e. The lowest BCUT2D eigenvalue weighted by Crippen LogP contribution is -2.29. The van der Waals surface area contributed by atoms with Gasteiger partial charge in [0.2, 0.25) is 0 Å². The maximum absolute atomic E-state index is 11.8. The van der Waals surface area contributed by atoms with Gasteiger partial charge in [-0.05, 0) is 30.0 Å². The molecule has 0 aliphatic carbocycles. The second kappa shape index (κ2) is 5.23. The van der Waals surface area contributed by atoms with Crippen molar-refractivity contribution in [3.05, 3.63) is 34.9 Å². The highest BCUT2D eigenvalue weighted by molar-refractivity contribution is 6.00. The number of carbonyl (C=O) groups is 1. The van der Waals surface area contributed by atoms with Crippen LogP contribution in [0.25, 0.3) is 0 Å². The van der Waals surface area contributed by atoms with Crippen LogP contribution in [0.1, 0.15) is 41.3 Å². The molecular weight excluding hydrogens is 202 g/mol. The van der Waals surface area contributed by atoms with Crippen LogP contribution in [-0.4, -0.2) is 23.5 Å². The molecule has 0 saturated carbocycles. The minimum atomic E-state index is -1.10. The van der Waals surface area contributed by atoms with E-state index in [9.17, 15) is 9.90 Å². The minimum absolute atomic E-state index is 0.0375. The summed E-state index contributed by atoms with van der Waals surface area (Å²) in [6.45, 7) is 5.96. The Kier molecular flexibility index (Phi) is 4.21. The highest BCUT2D eigenvalue weighted by atomic mass is 16.3. The number of Topliss-reactive ketones (excluding diaryl/α,β-unsaturated/α-hetero) is 1. The normalized spacial score (nSPS) is 12.9. The van der Waals surface area contributed by atoms with E-state index in [4.69, 9.17) is 5.73 Å². The zero-order valence-corrected chi connectivity index (χ0v) is 10.0. The summed E-state index contributed by atoms with van der Waals surface area (Å²) in [7, 11) is 0. The average molecular weight is 221 g/mol. The van der Waals surface area contributed by atoms with E-state index in [-0.39, 0.29) is 12.3 Å². The summed E-state index contributed by atoms with van der Waals surface area (Å²) in [5, 5.41) is 9.46. The van der Waals surface area contributed by atoms with E-state index in [2.05, 4.69) is 13.8 Å². The molecule has 0 aromatic heterocycles. The molecule has 3 nitrogen and oxygen atoms in total. The Balaban J connectivity index is 3.12. The molecule has 16 heavy (non-hydrogen) atoms. The van der Waals surface area contributed by atoms with E-state index in [0.717, 1.165) is 11.1 Å². The molecule has 1 atom stereocenters. The van der Waals surface area contributed by atoms with Crippen LogP contribution in [-0.2, 0) is 0 Å². The topological polar surface area (TPSA) is 63.3 Å². The number of carbonyl (C=O) groups excluding carboxylic acids is 1. The Bertz CT molecular complexity index is 386. The van der Waals surface area contributed by atoms with E-state index >= 15 is 0 Å². The Morgan fingerprint density at radius 3 is 2.56 bits per heavy atom. The Morgan fingerprint density at radius 2 is 2.06 bits per heavy atom. The third-order valence-electron chi connectivity index (χ3n) is 2.72. The molecule has 1 aromatic rings. The summed E-state index contributed by atoms with van der Waals surface area (Å²) in [5.41, 5.74) is 7.83. The molecule has 88 valence electrons. The maximum Gasteiger partial charge on any atom is 0.192 e. The lowest BCUT2D eigenvalue weighted by molar-refractivity contribution is 0.0762. The van der Waals surface area contributed by atoms with Gasteiger partial charge in [-0.2, -0.15) is 0 Å². The van der Waals surface area contributed by atoms with E-state index in [1.165, 1.54) is 0 Å². The molecule has 1 unspecified atom stereocenters. The van der Waals surface area contributed by atoms with Gasteiger partial charge >= 0.3 is 0 Å². The summed E-state index contributed by atoms with van der Waals surface area (Å²) in [6.07, 6.45) is -1.10. The standard InChI is InChI=1S/C13H19NO2/c1-8(2)10-5-4-9(3)11(6-10)13(16)12(15)7-14/h4-6,8,12,15H,7,14H2,1-3H3. The van der Waals surface area contributed by atoms with Crippen LogP contribution in [0.4, 0.5) is 0 Å². The van der Waals surface area contributed by atoms with Gasteiger partial charge in [-0.25, -0.2) is 0 Å². The minimum Gasteiger partial charge on any atom is -0.384 e. The summed E-state index contributed by atoms with van der Waals surface area (Å²) in [5.74, 6) is 0.0738. The van der Waals surface area contributed by atoms with Gasteiger partial charge in [-0.3, -0.25) is 4.79 Å². The zero-order chi connectivity index (χ0) is 12.3. The van der Waals surface area contributed by atoms with Crippen LogP contribution in [0.5, 0.6) is 0 Å². The summed E-state index contributed by atoms with van der Waals surface area (Å²) in [6, 6.07) is 5.76. The molecule has 0 bridgehead atoms. The monoisotopic (exact) mass is 221 g/mol. The van der Waals surface area contributed by atoms with Crippen LogP contribution >= 0.6 is 0 Å². The number of hydrogen-bond donors (Lipinski definition) is 2. The van der Waals surface area contributed by atoms with Crippen molar-refractivity contribution in [1.82, 2.24) is 0 Å². The molecule has 0 saturated heterocycles. The summed E-state index contributed by atoms with van der Waals surface area (Å²) >= 11 is 0. The van der Waals surface area contributed by atoms with Gasteiger partial charge in [0.1, 0.15) is 6.10 Å². The number of ketones is 1. The fourth-order valence-electron chi connectivity index (χ4n) is 1.55. The second-order valence-corrected chi connectivity index (χ2v) is 4.34. The first-order chi connectivity index (χ1) is 7.47. The molecule has 0 amide bonds. The fraction of sp³-hybridized carbons (Fsp3) is 0.462. The predicted molar refractivity (Wildman–Crippen MR) is 64.7 cm³/mol. The molecule has 0 radical (unpaired) electrons. The first-order valence-corrected chi connectivity index (χ1v) is 5.50. The van der Waals surface area contributed by atoms with Crippen LogP contribution in [0, 0.1) is 6.92 Å². The fourth-order valence-corrected chi connectivity index (χ4v) is 1.55. The molecule has 0 aliphatic heterocycles. The number of benzene rings is 1. The van der Waals surface area contributed by atoms with Crippen molar-refractivity contribution in [2.45, 2.75) is 32.8 Å². The van der Waals surface area contributed by atoms with Crippen LogP contribution < -0.4 is 5.73 Å². The lowest BCUT2D eigenvalue weighted by atomic mass is 9.94.